The first-order valence-corrected chi connectivity index (χ1v) is 13.7. The van der Waals surface area contributed by atoms with Crippen LogP contribution in [-0.2, 0) is 15.9 Å². The van der Waals surface area contributed by atoms with Gasteiger partial charge in [-0.25, -0.2) is 13.2 Å². The first kappa shape index (κ1) is 28.1. The average Bonchev–Trinajstić information content (AvgIpc) is 2.94. The summed E-state index contributed by atoms with van der Waals surface area (Å²) in [6.45, 7) is 5.09. The van der Waals surface area contributed by atoms with Crippen molar-refractivity contribution >= 4 is 0 Å². The molecular formula is C33H37F3O2. The van der Waals surface area contributed by atoms with Crippen molar-refractivity contribution in [3.63, 3.8) is 0 Å². The number of halogens is 3. The summed E-state index contributed by atoms with van der Waals surface area (Å²) in [5.74, 6) is -1.96. The number of hydrogen-bond acceptors (Lipinski definition) is 2. The van der Waals surface area contributed by atoms with Crippen LogP contribution < -0.4 is 0 Å². The fourth-order valence-corrected chi connectivity index (χ4v) is 4.90. The summed E-state index contributed by atoms with van der Waals surface area (Å²) in [5, 5.41) is 0. The van der Waals surface area contributed by atoms with Crippen molar-refractivity contribution < 1.29 is 22.6 Å². The van der Waals surface area contributed by atoms with Crippen molar-refractivity contribution in [3.05, 3.63) is 95.3 Å². The van der Waals surface area contributed by atoms with E-state index in [1.54, 1.807) is 42.5 Å². The second-order valence-corrected chi connectivity index (χ2v) is 9.97. The van der Waals surface area contributed by atoms with Gasteiger partial charge in [-0.2, -0.15) is 0 Å². The van der Waals surface area contributed by atoms with Gasteiger partial charge in [0.05, 0.1) is 13.2 Å². The monoisotopic (exact) mass is 522 g/mol. The Morgan fingerprint density at radius 2 is 1.50 bits per heavy atom. The summed E-state index contributed by atoms with van der Waals surface area (Å²) in [5.41, 5.74) is 3.15. The standard InChI is InChI=1S/C33H37F3O2/c1-3-5-7-9-10-25-16-19-29(33(36)32(25)35)24-14-12-23(13-15-24)28-18-17-26(20-30(28)34)27-21-37-31(38-22-27)11-8-6-4-2/h4,6,12-20,27,31H,3,5,7-11,21-22H2,1-2H3/b6-4+. The lowest BCUT2D eigenvalue weighted by molar-refractivity contribution is -0.189. The van der Waals surface area contributed by atoms with Crippen molar-refractivity contribution in [2.45, 2.75) is 71.0 Å². The van der Waals surface area contributed by atoms with Crippen molar-refractivity contribution in [2.75, 3.05) is 13.2 Å². The topological polar surface area (TPSA) is 18.5 Å². The fraction of sp³-hybridized carbons (Fsp3) is 0.394. The first-order chi connectivity index (χ1) is 18.5. The molecule has 0 radical (unpaired) electrons. The van der Waals surface area contributed by atoms with Gasteiger partial charge in [0.1, 0.15) is 5.82 Å². The number of allylic oxidation sites excluding steroid dienone is 2. The molecule has 1 fully saturated rings. The van der Waals surface area contributed by atoms with Gasteiger partial charge in [0.2, 0.25) is 0 Å². The van der Waals surface area contributed by atoms with E-state index in [4.69, 9.17) is 9.47 Å². The summed E-state index contributed by atoms with van der Waals surface area (Å²) >= 11 is 0. The molecular weight excluding hydrogens is 485 g/mol. The number of benzene rings is 3. The highest BCUT2D eigenvalue weighted by Crippen LogP contribution is 2.32. The van der Waals surface area contributed by atoms with E-state index in [9.17, 15) is 8.78 Å². The van der Waals surface area contributed by atoms with Gasteiger partial charge in [0, 0.05) is 23.5 Å². The Hall–Kier alpha value is -2.89. The highest BCUT2D eigenvalue weighted by molar-refractivity contribution is 5.71. The Bertz CT molecular complexity index is 1210. The lowest BCUT2D eigenvalue weighted by Gasteiger charge is -2.29. The van der Waals surface area contributed by atoms with Crippen LogP contribution in [-0.4, -0.2) is 19.5 Å². The highest BCUT2D eigenvalue weighted by Gasteiger charge is 2.24. The van der Waals surface area contributed by atoms with E-state index < -0.39 is 11.6 Å². The lowest BCUT2D eigenvalue weighted by Crippen LogP contribution is -2.30. The van der Waals surface area contributed by atoms with E-state index in [0.717, 1.165) is 44.1 Å². The Labute approximate surface area is 224 Å². The zero-order valence-corrected chi connectivity index (χ0v) is 22.3. The van der Waals surface area contributed by atoms with Gasteiger partial charge in [-0.3, -0.25) is 0 Å². The third-order valence-electron chi connectivity index (χ3n) is 7.20. The molecule has 0 bridgehead atoms. The molecule has 1 saturated heterocycles. The largest absolute Gasteiger partial charge is 0.352 e. The molecule has 4 rings (SSSR count). The maximum atomic E-state index is 15.1. The van der Waals surface area contributed by atoms with Crippen LogP contribution in [0.2, 0.25) is 0 Å². The molecule has 3 aromatic rings. The van der Waals surface area contributed by atoms with E-state index >= 15 is 4.39 Å². The highest BCUT2D eigenvalue weighted by atomic mass is 19.2. The molecule has 202 valence electrons. The number of ether oxygens (including phenoxy) is 2. The van der Waals surface area contributed by atoms with Crippen molar-refractivity contribution in [1.29, 1.82) is 0 Å². The predicted molar refractivity (Wildman–Crippen MR) is 148 cm³/mol. The van der Waals surface area contributed by atoms with Crippen LogP contribution in [0.25, 0.3) is 22.3 Å². The Kier molecular flexibility index (Phi) is 10.2. The van der Waals surface area contributed by atoms with Crippen molar-refractivity contribution in [3.8, 4) is 22.3 Å². The Morgan fingerprint density at radius 1 is 0.816 bits per heavy atom. The molecule has 0 aliphatic carbocycles. The molecule has 0 saturated carbocycles. The average molecular weight is 523 g/mol. The quantitative estimate of drug-likeness (QED) is 0.184. The van der Waals surface area contributed by atoms with Crippen LogP contribution in [0.15, 0.2) is 66.7 Å². The number of unbranched alkanes of at least 4 members (excludes halogenated alkanes) is 3. The molecule has 0 N–H and O–H groups in total. The molecule has 1 aliphatic rings. The van der Waals surface area contributed by atoms with Crippen LogP contribution in [0.5, 0.6) is 0 Å². The SMILES string of the molecule is C/C=C/CCC1OCC(c2ccc(-c3ccc(-c4ccc(CCCCCC)c(F)c4F)cc3)c(F)c2)CO1. The fourth-order valence-electron chi connectivity index (χ4n) is 4.90. The minimum Gasteiger partial charge on any atom is -0.352 e. The molecule has 0 unspecified atom stereocenters. The normalized spacial score (nSPS) is 17.8. The number of hydrogen-bond donors (Lipinski definition) is 0. The van der Waals surface area contributed by atoms with Crippen LogP contribution in [0.1, 0.15) is 69.4 Å². The molecule has 0 amide bonds. The second-order valence-electron chi connectivity index (χ2n) is 9.97. The van der Waals surface area contributed by atoms with E-state index in [2.05, 4.69) is 13.0 Å². The van der Waals surface area contributed by atoms with Gasteiger partial charge in [-0.15, -0.1) is 0 Å². The predicted octanol–water partition coefficient (Wildman–Crippen LogP) is 9.37. The van der Waals surface area contributed by atoms with E-state index in [-0.39, 0.29) is 23.6 Å². The van der Waals surface area contributed by atoms with Gasteiger partial charge >= 0.3 is 0 Å². The lowest BCUT2D eigenvalue weighted by atomic mass is 9.94. The molecule has 3 aromatic carbocycles. The molecule has 38 heavy (non-hydrogen) atoms. The van der Waals surface area contributed by atoms with Crippen LogP contribution in [0.4, 0.5) is 13.2 Å². The zero-order chi connectivity index (χ0) is 26.9. The zero-order valence-electron chi connectivity index (χ0n) is 22.3. The minimum absolute atomic E-state index is 0.0219. The summed E-state index contributed by atoms with van der Waals surface area (Å²) in [6, 6.07) is 15.4. The minimum atomic E-state index is -0.831. The maximum Gasteiger partial charge on any atom is 0.166 e. The van der Waals surface area contributed by atoms with Crippen LogP contribution >= 0.6 is 0 Å². The summed E-state index contributed by atoms with van der Waals surface area (Å²) in [4.78, 5) is 0. The molecule has 0 aromatic heterocycles. The molecule has 2 nitrogen and oxygen atoms in total. The first-order valence-electron chi connectivity index (χ1n) is 13.7. The molecule has 1 aliphatic heterocycles. The maximum absolute atomic E-state index is 15.1. The second kappa shape index (κ2) is 13.8. The van der Waals surface area contributed by atoms with Gasteiger partial charge < -0.3 is 9.47 Å². The third kappa shape index (κ3) is 6.95. The van der Waals surface area contributed by atoms with Gasteiger partial charge in [0.25, 0.3) is 0 Å². The Balaban J connectivity index is 1.42. The van der Waals surface area contributed by atoms with E-state index in [1.807, 2.05) is 19.1 Å². The summed E-state index contributed by atoms with van der Waals surface area (Å²) < 4.78 is 56.3. The van der Waals surface area contributed by atoms with E-state index in [0.29, 0.717) is 41.9 Å². The van der Waals surface area contributed by atoms with E-state index in [1.165, 1.54) is 6.07 Å². The van der Waals surface area contributed by atoms with Crippen molar-refractivity contribution in [1.82, 2.24) is 0 Å². The smallest absolute Gasteiger partial charge is 0.166 e. The summed E-state index contributed by atoms with van der Waals surface area (Å²) in [6.07, 6.45) is 10.2. The third-order valence-corrected chi connectivity index (χ3v) is 7.20. The molecule has 5 heteroatoms. The van der Waals surface area contributed by atoms with Gasteiger partial charge in [-0.1, -0.05) is 86.9 Å². The molecule has 0 atom stereocenters. The number of aryl methyl sites for hydroxylation is 1. The summed E-state index contributed by atoms with van der Waals surface area (Å²) in [7, 11) is 0. The number of rotatable bonds is 11. The van der Waals surface area contributed by atoms with Crippen LogP contribution in [0, 0.1) is 17.5 Å². The van der Waals surface area contributed by atoms with Gasteiger partial charge in [-0.05, 0) is 54.5 Å². The van der Waals surface area contributed by atoms with Gasteiger partial charge in [0.15, 0.2) is 17.9 Å². The van der Waals surface area contributed by atoms with Crippen molar-refractivity contribution in [2.24, 2.45) is 0 Å². The van der Waals surface area contributed by atoms with Crippen LogP contribution in [0.3, 0.4) is 0 Å². The Morgan fingerprint density at radius 3 is 2.16 bits per heavy atom. The molecule has 1 heterocycles. The molecule has 0 spiro atoms.